The molecule has 7 nitrogen and oxygen atoms in total. The van der Waals surface area contributed by atoms with E-state index in [1.807, 2.05) is 25.1 Å². The molecule has 1 aromatic carbocycles. The number of rotatable bonds is 4. The molecule has 33 heavy (non-hydrogen) atoms. The molecule has 1 saturated carbocycles. The number of carbonyl (C=O) groups excluding carboxylic acids is 1. The van der Waals surface area contributed by atoms with Crippen LogP contribution in [0.5, 0.6) is 0 Å². The van der Waals surface area contributed by atoms with Gasteiger partial charge < -0.3 is 15.0 Å². The SMILES string of the molecule is C[C@]1(N2CCN(c3cc4cc(NC(=O)[C@H]5CC[C@@H]5C#N)ncc4cc3Cl)CC2)COC[C@H]1F. The summed E-state index contributed by atoms with van der Waals surface area (Å²) in [7, 11) is 0. The number of nitriles is 1. The molecule has 2 saturated heterocycles. The van der Waals surface area contributed by atoms with Gasteiger partial charge in [-0.3, -0.25) is 9.69 Å². The van der Waals surface area contributed by atoms with Crippen molar-refractivity contribution in [3.05, 3.63) is 29.4 Å². The summed E-state index contributed by atoms with van der Waals surface area (Å²) in [6.07, 6.45) is 2.23. The smallest absolute Gasteiger partial charge is 0.229 e. The van der Waals surface area contributed by atoms with E-state index >= 15 is 0 Å². The number of aromatic nitrogens is 1. The minimum absolute atomic E-state index is 0.152. The number of benzene rings is 1. The molecule has 0 spiro atoms. The molecule has 1 aliphatic carbocycles. The van der Waals surface area contributed by atoms with Gasteiger partial charge in [-0.1, -0.05) is 11.6 Å². The highest BCUT2D eigenvalue weighted by atomic mass is 35.5. The first-order valence-corrected chi connectivity index (χ1v) is 11.8. The van der Waals surface area contributed by atoms with Crippen molar-refractivity contribution >= 4 is 39.8 Å². The van der Waals surface area contributed by atoms with Crippen molar-refractivity contribution < 1.29 is 13.9 Å². The van der Waals surface area contributed by atoms with Gasteiger partial charge in [0.25, 0.3) is 0 Å². The standard InChI is InChI=1S/C24H27ClFN5O2/c1-24(14-33-13-21(24)26)31-6-4-30(5-7-31)20-9-16-10-22(28-12-17(16)8-19(20)25)29-23(32)18-3-2-15(18)11-27/h8-10,12,15,18,21H,2-7,13-14H2,1H3,(H,28,29,32)/t15-,18+,21-,24+/m1/s1. The predicted octanol–water partition coefficient (Wildman–Crippen LogP) is 3.63. The number of ether oxygens (including phenoxy) is 1. The lowest BCUT2D eigenvalue weighted by Crippen LogP contribution is -2.59. The minimum Gasteiger partial charge on any atom is -0.376 e. The lowest BCUT2D eigenvalue weighted by Gasteiger charge is -2.44. The maximum Gasteiger partial charge on any atom is 0.229 e. The summed E-state index contributed by atoms with van der Waals surface area (Å²) in [4.78, 5) is 21.2. The highest BCUT2D eigenvalue weighted by Gasteiger charge is 2.46. The minimum atomic E-state index is -0.974. The van der Waals surface area contributed by atoms with Crippen molar-refractivity contribution in [2.75, 3.05) is 49.6 Å². The van der Waals surface area contributed by atoms with E-state index in [9.17, 15) is 9.18 Å². The Hall–Kier alpha value is -2.47. The average Bonchev–Trinajstić information content (AvgIpc) is 3.12. The van der Waals surface area contributed by atoms with Gasteiger partial charge in [-0.25, -0.2) is 9.37 Å². The van der Waals surface area contributed by atoms with E-state index in [0.717, 1.165) is 55.5 Å². The summed E-state index contributed by atoms with van der Waals surface area (Å²) in [5.74, 6) is -0.154. The van der Waals surface area contributed by atoms with Crippen LogP contribution in [-0.4, -0.2) is 66.9 Å². The molecule has 2 aliphatic heterocycles. The van der Waals surface area contributed by atoms with Crippen molar-refractivity contribution in [3.8, 4) is 6.07 Å². The van der Waals surface area contributed by atoms with Crippen molar-refractivity contribution in [2.24, 2.45) is 11.8 Å². The number of nitrogens with one attached hydrogen (secondary N) is 1. The number of hydrogen-bond donors (Lipinski definition) is 1. The fraction of sp³-hybridized carbons (Fsp3) is 0.542. The quantitative estimate of drug-likeness (QED) is 0.733. The molecule has 3 aliphatic rings. The Morgan fingerprint density at radius 1 is 1.27 bits per heavy atom. The van der Waals surface area contributed by atoms with Crippen LogP contribution in [0.2, 0.25) is 5.02 Å². The Labute approximate surface area is 197 Å². The van der Waals surface area contributed by atoms with E-state index < -0.39 is 11.7 Å². The number of amides is 1. The molecule has 4 atom stereocenters. The molecule has 1 amide bonds. The van der Waals surface area contributed by atoms with Crippen LogP contribution in [0.4, 0.5) is 15.9 Å². The van der Waals surface area contributed by atoms with Crippen LogP contribution in [-0.2, 0) is 9.53 Å². The molecular formula is C24H27ClFN5O2. The molecule has 3 fully saturated rings. The Morgan fingerprint density at radius 2 is 2.06 bits per heavy atom. The number of hydrogen-bond acceptors (Lipinski definition) is 6. The summed E-state index contributed by atoms with van der Waals surface area (Å²) < 4.78 is 19.8. The fourth-order valence-electron chi connectivity index (χ4n) is 5.04. The normalized spacial score (nSPS) is 30.1. The lowest BCUT2D eigenvalue weighted by molar-refractivity contribution is -0.123. The van der Waals surface area contributed by atoms with Crippen LogP contribution in [0.1, 0.15) is 19.8 Å². The van der Waals surface area contributed by atoms with Gasteiger partial charge in [0, 0.05) is 37.8 Å². The van der Waals surface area contributed by atoms with Crippen LogP contribution < -0.4 is 10.2 Å². The van der Waals surface area contributed by atoms with Gasteiger partial charge in [0.05, 0.1) is 47.4 Å². The van der Waals surface area contributed by atoms with Gasteiger partial charge in [0.2, 0.25) is 5.91 Å². The van der Waals surface area contributed by atoms with Gasteiger partial charge >= 0.3 is 0 Å². The van der Waals surface area contributed by atoms with Crippen LogP contribution in [0.25, 0.3) is 10.8 Å². The molecule has 2 aromatic rings. The Bertz CT molecular complexity index is 1120. The van der Waals surface area contributed by atoms with E-state index in [4.69, 9.17) is 21.6 Å². The number of carbonyl (C=O) groups is 1. The zero-order valence-corrected chi connectivity index (χ0v) is 19.3. The van der Waals surface area contributed by atoms with Gasteiger partial charge in [0.15, 0.2) is 0 Å². The summed E-state index contributed by atoms with van der Waals surface area (Å²) in [6, 6.07) is 7.94. The zero-order valence-electron chi connectivity index (χ0n) is 18.6. The summed E-state index contributed by atoms with van der Waals surface area (Å²) in [5.41, 5.74) is 0.351. The topological polar surface area (TPSA) is 81.5 Å². The molecule has 1 aromatic heterocycles. The second kappa shape index (κ2) is 8.71. The van der Waals surface area contributed by atoms with E-state index in [0.29, 0.717) is 17.4 Å². The average molecular weight is 472 g/mol. The fourth-order valence-corrected chi connectivity index (χ4v) is 5.33. The van der Waals surface area contributed by atoms with E-state index in [1.54, 1.807) is 6.20 Å². The number of alkyl halides is 1. The molecule has 5 rings (SSSR count). The Kier molecular flexibility index (Phi) is 5.89. The molecule has 9 heteroatoms. The van der Waals surface area contributed by atoms with Gasteiger partial charge in [-0.2, -0.15) is 5.26 Å². The van der Waals surface area contributed by atoms with Crippen molar-refractivity contribution in [1.29, 1.82) is 5.26 Å². The lowest BCUT2D eigenvalue weighted by atomic mass is 9.74. The Balaban J connectivity index is 1.31. The second-order valence-electron chi connectivity index (χ2n) is 9.44. The second-order valence-corrected chi connectivity index (χ2v) is 9.85. The number of pyridine rings is 1. The van der Waals surface area contributed by atoms with Gasteiger partial charge in [-0.15, -0.1) is 0 Å². The van der Waals surface area contributed by atoms with Crippen molar-refractivity contribution in [3.63, 3.8) is 0 Å². The summed E-state index contributed by atoms with van der Waals surface area (Å²) >= 11 is 6.61. The van der Waals surface area contributed by atoms with E-state index in [1.165, 1.54) is 0 Å². The third kappa shape index (κ3) is 4.03. The number of nitrogens with zero attached hydrogens (tertiary/aromatic N) is 4. The summed E-state index contributed by atoms with van der Waals surface area (Å²) in [5, 5.41) is 14.4. The van der Waals surface area contributed by atoms with E-state index in [2.05, 4.69) is 26.2 Å². The van der Waals surface area contributed by atoms with Crippen LogP contribution in [0.3, 0.4) is 0 Å². The van der Waals surface area contributed by atoms with Crippen molar-refractivity contribution in [2.45, 2.75) is 31.5 Å². The first-order chi connectivity index (χ1) is 15.9. The zero-order chi connectivity index (χ0) is 23.2. The molecule has 0 radical (unpaired) electrons. The first kappa shape index (κ1) is 22.3. The van der Waals surface area contributed by atoms with Gasteiger partial charge in [-0.05, 0) is 43.4 Å². The van der Waals surface area contributed by atoms with Gasteiger partial charge in [0.1, 0.15) is 12.0 Å². The predicted molar refractivity (Wildman–Crippen MR) is 125 cm³/mol. The molecule has 1 N–H and O–H groups in total. The summed E-state index contributed by atoms with van der Waals surface area (Å²) in [6.45, 7) is 5.45. The molecular weight excluding hydrogens is 445 g/mol. The van der Waals surface area contributed by atoms with E-state index in [-0.39, 0.29) is 24.3 Å². The van der Waals surface area contributed by atoms with Crippen LogP contribution in [0.15, 0.2) is 24.4 Å². The highest BCUT2D eigenvalue weighted by molar-refractivity contribution is 6.34. The maximum absolute atomic E-state index is 14.4. The monoisotopic (exact) mass is 471 g/mol. The number of anilines is 2. The Morgan fingerprint density at radius 3 is 2.70 bits per heavy atom. The first-order valence-electron chi connectivity index (χ1n) is 11.4. The molecule has 0 unspecified atom stereocenters. The van der Waals surface area contributed by atoms with Crippen LogP contribution in [0, 0.1) is 23.2 Å². The number of fused-ring (bicyclic) bond motifs is 1. The van der Waals surface area contributed by atoms with Crippen molar-refractivity contribution in [1.82, 2.24) is 9.88 Å². The maximum atomic E-state index is 14.4. The number of piperazine rings is 1. The number of halogens is 2. The molecule has 0 bridgehead atoms. The largest absolute Gasteiger partial charge is 0.376 e. The third-order valence-corrected chi connectivity index (χ3v) is 7.79. The molecule has 174 valence electrons. The van der Waals surface area contributed by atoms with Crippen LogP contribution >= 0.6 is 11.6 Å². The third-order valence-electron chi connectivity index (χ3n) is 7.49. The molecule has 3 heterocycles. The highest BCUT2D eigenvalue weighted by Crippen LogP contribution is 2.36.